The average molecular weight is 887 g/mol. The zero-order chi connectivity index (χ0) is 48.0. The molecule has 1 heterocycles. The van der Waals surface area contributed by atoms with Crippen LogP contribution in [0.2, 0.25) is 0 Å². The molecule has 1 unspecified atom stereocenters. The second-order valence-electron chi connectivity index (χ2n) is 20.5. The van der Waals surface area contributed by atoms with Gasteiger partial charge in [0.05, 0.1) is 0 Å². The maximum absolute atomic E-state index is 4.37. The van der Waals surface area contributed by atoms with Crippen LogP contribution in [0.15, 0.2) is 158 Å². The molecule has 2 nitrogen and oxygen atoms in total. The van der Waals surface area contributed by atoms with Gasteiger partial charge in [0, 0.05) is 17.7 Å². The third-order valence-electron chi connectivity index (χ3n) is 15.3. The molecule has 0 amide bonds. The van der Waals surface area contributed by atoms with E-state index in [-0.39, 0.29) is 12.8 Å². The number of hydrogen-bond acceptors (Lipinski definition) is 1. The standard InChI is InChI=1S/C64H68B2N2/c1-41-31-45(5)59(46(6)32-41)65(60-47(7)33-42(2)34-48(60)8)57-29-21-19-27-55(57)63(67-39-53-23-15-13-16-24-53)64-56-28-20-22-30-58(56)66(61-49(9)35-43(3)36-50(61)10,62-51(11)37-44(4)38-52(62)12)68(64)40-54-25-17-14-18-26-54/h13-38,63,67H,39-40H2,1-12H3. The molecule has 0 radical (unpaired) electrons. The molecule has 1 N–H and O–H groups in total. The Morgan fingerprint density at radius 1 is 0.441 bits per heavy atom. The Morgan fingerprint density at radius 3 is 1.32 bits per heavy atom. The fourth-order valence-electron chi connectivity index (χ4n) is 13.4. The van der Waals surface area contributed by atoms with E-state index < -0.39 is 6.28 Å². The van der Waals surface area contributed by atoms with Gasteiger partial charge in [0.1, 0.15) is 18.3 Å². The number of aryl methyl sites for hydroxylation is 12. The van der Waals surface area contributed by atoms with Gasteiger partial charge in [-0.3, -0.25) is 5.32 Å². The molecular weight excluding hydrogens is 818 g/mol. The molecule has 1 atom stereocenters. The Bertz CT molecular complexity index is 3030. The van der Waals surface area contributed by atoms with Gasteiger partial charge in [-0.15, -0.1) is 16.4 Å². The SMILES string of the molecule is Cc1cc(C)c(B(c2ccccc2C(NCc2ccccc2)C2=[N+](Cc3ccccc3)[B-](c3c(C)cc(C)cc3C)(c3c(C)cc(C)cc3C)c3ccccc32)c2c(C)cc(C)cc2C)c(C)c1. The molecule has 340 valence electrons. The first-order chi connectivity index (χ1) is 32.7. The number of nitrogens with zero attached hydrogens (tertiary/aromatic N) is 1. The van der Waals surface area contributed by atoms with Crippen molar-refractivity contribution in [3.63, 3.8) is 0 Å². The van der Waals surface area contributed by atoms with Crippen molar-refractivity contribution in [3.05, 3.63) is 247 Å². The van der Waals surface area contributed by atoms with E-state index in [1.165, 1.54) is 128 Å². The highest BCUT2D eigenvalue weighted by Gasteiger charge is 2.55. The zero-order valence-electron chi connectivity index (χ0n) is 42.6. The summed E-state index contributed by atoms with van der Waals surface area (Å²) in [6, 6.07) is 60.2. The number of fused-ring (bicyclic) bond motifs is 1. The van der Waals surface area contributed by atoms with Gasteiger partial charge in [0.25, 0.3) is 0 Å². The van der Waals surface area contributed by atoms with Crippen LogP contribution in [0.25, 0.3) is 0 Å². The predicted molar refractivity (Wildman–Crippen MR) is 295 cm³/mol. The molecule has 0 aliphatic carbocycles. The van der Waals surface area contributed by atoms with Crippen molar-refractivity contribution in [1.82, 2.24) is 5.32 Å². The van der Waals surface area contributed by atoms with Crippen molar-refractivity contribution in [2.24, 2.45) is 0 Å². The fourth-order valence-corrected chi connectivity index (χ4v) is 13.4. The van der Waals surface area contributed by atoms with E-state index in [9.17, 15) is 0 Å². The summed E-state index contributed by atoms with van der Waals surface area (Å²) in [4.78, 5) is 0. The Hall–Kier alpha value is -6.48. The minimum Gasteiger partial charge on any atom is -0.437 e. The Balaban J connectivity index is 1.47. The number of benzene rings is 8. The van der Waals surface area contributed by atoms with Gasteiger partial charge in [-0.25, -0.2) is 0 Å². The summed E-state index contributed by atoms with van der Waals surface area (Å²) in [5.74, 6) is 0. The van der Waals surface area contributed by atoms with Gasteiger partial charge in [-0.2, -0.15) is 0 Å². The van der Waals surface area contributed by atoms with Crippen LogP contribution in [0.3, 0.4) is 0 Å². The van der Waals surface area contributed by atoms with Crippen LogP contribution >= 0.6 is 0 Å². The van der Waals surface area contributed by atoms with E-state index in [0.29, 0.717) is 6.54 Å². The van der Waals surface area contributed by atoms with E-state index in [2.05, 4.69) is 251 Å². The van der Waals surface area contributed by atoms with Gasteiger partial charge in [-0.05, 0) is 94.2 Å². The van der Waals surface area contributed by atoms with Crippen molar-refractivity contribution in [2.45, 2.75) is 102 Å². The normalized spacial score (nSPS) is 13.5. The maximum Gasteiger partial charge on any atom is 0.357 e. The summed E-state index contributed by atoms with van der Waals surface area (Å²) in [5, 5.41) is 4.37. The first-order valence-corrected chi connectivity index (χ1v) is 24.8. The summed E-state index contributed by atoms with van der Waals surface area (Å²) in [6.45, 7) is 29.1. The monoisotopic (exact) mass is 887 g/mol. The van der Waals surface area contributed by atoms with Crippen LogP contribution in [-0.2, 0) is 13.1 Å². The lowest BCUT2D eigenvalue weighted by atomic mass is 9.22. The van der Waals surface area contributed by atoms with Crippen LogP contribution in [0.4, 0.5) is 0 Å². The van der Waals surface area contributed by atoms with Crippen molar-refractivity contribution < 1.29 is 4.49 Å². The van der Waals surface area contributed by atoms with E-state index in [4.69, 9.17) is 0 Å². The smallest absolute Gasteiger partial charge is 0.357 e. The molecule has 8 aromatic rings. The number of hydrogen-bond donors (Lipinski definition) is 1. The Kier molecular flexibility index (Phi) is 13.0. The third kappa shape index (κ3) is 8.32. The summed E-state index contributed by atoms with van der Waals surface area (Å²) in [6.07, 6.45) is -1.80. The molecule has 0 fully saturated rings. The van der Waals surface area contributed by atoms with Crippen molar-refractivity contribution >= 4 is 51.5 Å². The van der Waals surface area contributed by atoms with E-state index in [1.807, 2.05) is 0 Å². The molecule has 0 saturated carbocycles. The third-order valence-corrected chi connectivity index (χ3v) is 15.3. The Morgan fingerprint density at radius 2 is 0.838 bits per heavy atom. The molecule has 0 saturated heterocycles. The lowest BCUT2D eigenvalue weighted by Crippen LogP contribution is -2.75. The van der Waals surface area contributed by atoms with Gasteiger partial charge in [0.2, 0.25) is 6.71 Å². The van der Waals surface area contributed by atoms with Crippen LogP contribution in [0.5, 0.6) is 0 Å². The highest BCUT2D eigenvalue weighted by molar-refractivity contribution is 7.08. The van der Waals surface area contributed by atoms with Gasteiger partial charge in [-0.1, -0.05) is 241 Å². The summed E-state index contributed by atoms with van der Waals surface area (Å²) in [7, 11) is 0. The molecule has 9 rings (SSSR count). The minimum atomic E-state index is -1.80. The predicted octanol–water partition coefficient (Wildman–Crippen LogP) is 10.4. The number of rotatable bonds is 12. The first-order valence-electron chi connectivity index (χ1n) is 24.8. The van der Waals surface area contributed by atoms with E-state index in [1.54, 1.807) is 0 Å². The molecule has 68 heavy (non-hydrogen) atoms. The van der Waals surface area contributed by atoms with Crippen LogP contribution in [0.1, 0.15) is 95.1 Å². The van der Waals surface area contributed by atoms with Crippen LogP contribution in [0, 0.1) is 83.1 Å². The quantitative estimate of drug-likeness (QED) is 0.121. The van der Waals surface area contributed by atoms with Crippen molar-refractivity contribution in [3.8, 4) is 0 Å². The lowest BCUT2D eigenvalue weighted by Gasteiger charge is -2.41. The zero-order valence-corrected chi connectivity index (χ0v) is 42.6. The number of nitrogens with one attached hydrogen (secondary N) is 1. The highest BCUT2D eigenvalue weighted by Crippen LogP contribution is 2.32. The average Bonchev–Trinajstić information content (AvgIpc) is 3.54. The fraction of sp³-hybridized carbons (Fsp3) is 0.234. The first kappa shape index (κ1) is 46.6. The van der Waals surface area contributed by atoms with E-state index >= 15 is 0 Å². The van der Waals surface area contributed by atoms with Gasteiger partial charge in [0.15, 0.2) is 0 Å². The molecule has 0 aromatic heterocycles. The molecule has 1 aliphatic heterocycles. The van der Waals surface area contributed by atoms with E-state index in [0.717, 1.165) is 6.54 Å². The molecule has 1 aliphatic rings. The summed E-state index contributed by atoms with van der Waals surface area (Å²) >= 11 is 0. The van der Waals surface area contributed by atoms with Gasteiger partial charge < -0.3 is 4.49 Å². The van der Waals surface area contributed by atoms with Crippen molar-refractivity contribution in [1.29, 1.82) is 0 Å². The summed E-state index contributed by atoms with van der Waals surface area (Å²) in [5.41, 5.74) is 30.7. The van der Waals surface area contributed by atoms with Crippen LogP contribution < -0.4 is 38.1 Å². The van der Waals surface area contributed by atoms with Crippen molar-refractivity contribution in [2.75, 3.05) is 0 Å². The largest absolute Gasteiger partial charge is 0.437 e. The lowest BCUT2D eigenvalue weighted by molar-refractivity contribution is -0.409. The highest BCUT2D eigenvalue weighted by atomic mass is 15.0. The molecule has 4 heteroatoms. The van der Waals surface area contributed by atoms with Gasteiger partial charge >= 0.3 is 6.28 Å². The molecular formula is C64H68B2N2. The second kappa shape index (κ2) is 18.9. The van der Waals surface area contributed by atoms with Crippen LogP contribution in [-0.4, -0.2) is 23.2 Å². The second-order valence-corrected chi connectivity index (χ2v) is 20.5. The Labute approximate surface area is 408 Å². The maximum atomic E-state index is 4.37. The molecule has 0 spiro atoms. The molecule has 8 aromatic carbocycles. The summed E-state index contributed by atoms with van der Waals surface area (Å²) < 4.78 is 2.91. The minimum absolute atomic E-state index is 0.00770. The topological polar surface area (TPSA) is 15.0 Å². The molecule has 0 bridgehead atoms.